The average molecular weight is 540 g/mol. The lowest BCUT2D eigenvalue weighted by Crippen LogP contribution is -2.12. The number of hydrogen-bond donors (Lipinski definition) is 3. The van der Waals surface area contributed by atoms with Crippen molar-refractivity contribution in [2.24, 2.45) is 4.99 Å². The molecule has 0 spiro atoms. The zero-order valence-corrected chi connectivity index (χ0v) is 21.8. The lowest BCUT2D eigenvalue weighted by Gasteiger charge is -2.10. The van der Waals surface area contributed by atoms with E-state index in [1.807, 2.05) is 30.3 Å². The Labute approximate surface area is 225 Å². The number of sulfonamides is 1. The van der Waals surface area contributed by atoms with Crippen molar-refractivity contribution in [2.75, 3.05) is 11.3 Å². The van der Waals surface area contributed by atoms with E-state index in [2.05, 4.69) is 9.71 Å². The lowest BCUT2D eigenvalue weighted by molar-refractivity contribution is 0.0526. The topological polar surface area (TPSA) is 121 Å². The molecule has 5 rings (SSSR count). The van der Waals surface area contributed by atoms with E-state index < -0.39 is 16.0 Å². The number of benzene rings is 4. The summed E-state index contributed by atoms with van der Waals surface area (Å²) in [7, 11) is -3.91. The van der Waals surface area contributed by atoms with E-state index in [1.54, 1.807) is 67.6 Å². The van der Waals surface area contributed by atoms with E-state index >= 15 is 0 Å². The Morgan fingerprint density at radius 1 is 0.897 bits per heavy atom. The summed E-state index contributed by atoms with van der Waals surface area (Å²) in [4.78, 5) is 19.8. The SMILES string of the molecule is CCOC(=O)c1ccc(N=C(c2ccccc2)c2c(O)[nH]c3ccc(S(=O)(=O)Nc4ccccc4)cc23)cc1. The van der Waals surface area contributed by atoms with Gasteiger partial charge in [0.2, 0.25) is 0 Å². The first-order chi connectivity index (χ1) is 18.9. The van der Waals surface area contributed by atoms with E-state index in [0.717, 1.165) is 0 Å². The van der Waals surface area contributed by atoms with Crippen LogP contribution in [0.2, 0.25) is 0 Å². The van der Waals surface area contributed by atoms with Gasteiger partial charge in [-0.2, -0.15) is 0 Å². The highest BCUT2D eigenvalue weighted by Gasteiger charge is 2.22. The average Bonchev–Trinajstić information content (AvgIpc) is 3.27. The fraction of sp³-hybridized carbons (Fsp3) is 0.0667. The van der Waals surface area contributed by atoms with Gasteiger partial charge in [-0.15, -0.1) is 0 Å². The first-order valence-corrected chi connectivity index (χ1v) is 13.7. The monoisotopic (exact) mass is 539 g/mol. The normalized spacial score (nSPS) is 11.9. The van der Waals surface area contributed by atoms with Gasteiger partial charge in [-0.05, 0) is 61.5 Å². The van der Waals surface area contributed by atoms with Crippen LogP contribution in [0.3, 0.4) is 0 Å². The number of aromatic amines is 1. The number of aromatic hydroxyl groups is 1. The molecule has 0 saturated carbocycles. The molecular weight excluding hydrogens is 514 g/mol. The molecule has 0 unspecified atom stereocenters. The number of carbonyl (C=O) groups excluding carboxylic acids is 1. The molecule has 0 aliphatic carbocycles. The molecule has 0 fully saturated rings. The molecule has 4 aromatic carbocycles. The molecule has 8 nitrogen and oxygen atoms in total. The second kappa shape index (κ2) is 10.8. The van der Waals surface area contributed by atoms with Crippen LogP contribution in [0.1, 0.15) is 28.4 Å². The fourth-order valence-electron chi connectivity index (χ4n) is 4.16. The van der Waals surface area contributed by atoms with Gasteiger partial charge in [-0.3, -0.25) is 4.72 Å². The third kappa shape index (κ3) is 5.53. The molecule has 1 aromatic heterocycles. The minimum atomic E-state index is -3.91. The number of nitrogens with zero attached hydrogens (tertiary/aromatic N) is 1. The van der Waals surface area contributed by atoms with Crippen molar-refractivity contribution in [2.45, 2.75) is 11.8 Å². The van der Waals surface area contributed by atoms with Crippen LogP contribution in [-0.2, 0) is 14.8 Å². The maximum atomic E-state index is 13.2. The maximum Gasteiger partial charge on any atom is 0.338 e. The molecule has 0 atom stereocenters. The third-order valence-electron chi connectivity index (χ3n) is 5.99. The summed E-state index contributed by atoms with van der Waals surface area (Å²) in [6, 6.07) is 29.1. The van der Waals surface area contributed by atoms with Gasteiger partial charge in [0.1, 0.15) is 0 Å². The number of nitrogens with one attached hydrogen (secondary N) is 2. The van der Waals surface area contributed by atoms with E-state index in [4.69, 9.17) is 9.73 Å². The highest BCUT2D eigenvalue weighted by Crippen LogP contribution is 2.33. The maximum absolute atomic E-state index is 13.2. The van der Waals surface area contributed by atoms with Crippen LogP contribution in [0.25, 0.3) is 10.9 Å². The van der Waals surface area contributed by atoms with E-state index in [-0.39, 0.29) is 17.4 Å². The van der Waals surface area contributed by atoms with Gasteiger partial charge >= 0.3 is 5.97 Å². The molecule has 0 amide bonds. The van der Waals surface area contributed by atoms with Crippen molar-refractivity contribution in [3.05, 3.63) is 120 Å². The number of aromatic nitrogens is 1. The lowest BCUT2D eigenvalue weighted by atomic mass is 10.0. The van der Waals surface area contributed by atoms with Crippen LogP contribution in [0, 0.1) is 0 Å². The van der Waals surface area contributed by atoms with Gasteiger partial charge in [0.05, 0.1) is 34.0 Å². The summed E-state index contributed by atoms with van der Waals surface area (Å²) in [5.41, 5.74) is 3.39. The van der Waals surface area contributed by atoms with Crippen molar-refractivity contribution in [1.82, 2.24) is 4.98 Å². The Morgan fingerprint density at radius 2 is 1.56 bits per heavy atom. The number of hydrogen-bond acceptors (Lipinski definition) is 6. The van der Waals surface area contributed by atoms with Crippen molar-refractivity contribution in [1.29, 1.82) is 0 Å². The Morgan fingerprint density at radius 3 is 2.23 bits per heavy atom. The smallest absolute Gasteiger partial charge is 0.338 e. The molecule has 3 N–H and O–H groups in total. The Hall–Kier alpha value is -4.89. The first kappa shape index (κ1) is 25.7. The van der Waals surface area contributed by atoms with Crippen LogP contribution in [0.15, 0.2) is 113 Å². The number of para-hydroxylation sites is 1. The molecule has 0 saturated heterocycles. The second-order valence-corrected chi connectivity index (χ2v) is 10.3. The largest absolute Gasteiger partial charge is 0.494 e. The van der Waals surface area contributed by atoms with Crippen LogP contribution in [-0.4, -0.2) is 36.8 Å². The van der Waals surface area contributed by atoms with Crippen molar-refractivity contribution < 1.29 is 23.1 Å². The van der Waals surface area contributed by atoms with Crippen molar-refractivity contribution in [3.63, 3.8) is 0 Å². The number of rotatable bonds is 8. The molecule has 0 aliphatic heterocycles. The Kier molecular flexibility index (Phi) is 7.16. The quantitative estimate of drug-likeness (QED) is 0.164. The summed E-state index contributed by atoms with van der Waals surface area (Å²) in [5, 5.41) is 11.5. The number of aliphatic imine (C=N–C) groups is 1. The minimum absolute atomic E-state index is 0.0327. The number of H-pyrrole nitrogens is 1. The zero-order chi connectivity index (χ0) is 27.4. The molecule has 0 aliphatic rings. The fourth-order valence-corrected chi connectivity index (χ4v) is 5.24. The van der Waals surface area contributed by atoms with Gasteiger partial charge in [-0.25, -0.2) is 18.2 Å². The summed E-state index contributed by atoms with van der Waals surface area (Å²) in [6.07, 6.45) is 0. The third-order valence-corrected chi connectivity index (χ3v) is 7.37. The molecule has 9 heteroatoms. The standard InChI is InChI=1S/C30H25N3O5S/c1-2-38-30(35)21-13-15-22(16-14-21)31-28(20-9-5-3-6-10-20)27-25-19-24(17-18-26(25)32-29(27)34)39(36,37)33-23-11-7-4-8-12-23/h3-19,32-34H,2H2,1H3. The highest BCUT2D eigenvalue weighted by atomic mass is 32.2. The molecular formula is C30H25N3O5S. The highest BCUT2D eigenvalue weighted by molar-refractivity contribution is 7.92. The Balaban J connectivity index is 1.62. The predicted molar refractivity (Wildman–Crippen MR) is 151 cm³/mol. The van der Waals surface area contributed by atoms with E-state index in [0.29, 0.717) is 44.7 Å². The predicted octanol–water partition coefficient (Wildman–Crippen LogP) is 6.02. The molecule has 5 aromatic rings. The van der Waals surface area contributed by atoms with Gasteiger partial charge in [0.25, 0.3) is 10.0 Å². The number of carbonyl (C=O) groups is 1. The second-order valence-electron chi connectivity index (χ2n) is 8.62. The van der Waals surface area contributed by atoms with Gasteiger partial charge < -0.3 is 14.8 Å². The van der Waals surface area contributed by atoms with Crippen LogP contribution < -0.4 is 4.72 Å². The number of esters is 1. The summed E-state index contributed by atoms with van der Waals surface area (Å²) in [5.74, 6) is -0.579. The zero-order valence-electron chi connectivity index (χ0n) is 21.0. The summed E-state index contributed by atoms with van der Waals surface area (Å²) in [6.45, 7) is 2.01. The van der Waals surface area contributed by atoms with Gasteiger partial charge in [0.15, 0.2) is 5.88 Å². The molecule has 196 valence electrons. The van der Waals surface area contributed by atoms with E-state index in [9.17, 15) is 18.3 Å². The van der Waals surface area contributed by atoms with Gasteiger partial charge in [0, 0.05) is 22.2 Å². The number of fused-ring (bicyclic) bond motifs is 1. The Bertz CT molecular complexity index is 1760. The minimum Gasteiger partial charge on any atom is -0.494 e. The molecule has 0 radical (unpaired) electrons. The van der Waals surface area contributed by atoms with Crippen LogP contribution in [0.4, 0.5) is 11.4 Å². The summed E-state index contributed by atoms with van der Waals surface area (Å²) < 4.78 is 34.0. The van der Waals surface area contributed by atoms with E-state index in [1.165, 1.54) is 12.1 Å². The molecule has 1 heterocycles. The number of ether oxygens (including phenoxy) is 1. The van der Waals surface area contributed by atoms with Crippen LogP contribution in [0.5, 0.6) is 5.88 Å². The summed E-state index contributed by atoms with van der Waals surface area (Å²) >= 11 is 0. The van der Waals surface area contributed by atoms with Crippen molar-refractivity contribution in [3.8, 4) is 5.88 Å². The number of anilines is 1. The first-order valence-electron chi connectivity index (χ1n) is 12.2. The van der Waals surface area contributed by atoms with Crippen molar-refractivity contribution >= 4 is 44.0 Å². The van der Waals surface area contributed by atoms with Gasteiger partial charge in [-0.1, -0.05) is 48.5 Å². The molecule has 39 heavy (non-hydrogen) atoms. The van der Waals surface area contributed by atoms with Crippen LogP contribution >= 0.6 is 0 Å². The molecule has 0 bridgehead atoms.